The molecule has 8 heteroatoms. The maximum atomic E-state index is 14.0. The molecular weight excluding hydrogens is 343 g/mol. The number of benzene rings is 1. The van der Waals surface area contributed by atoms with Crippen molar-refractivity contribution in [2.75, 3.05) is 25.1 Å². The Morgan fingerprint density at radius 3 is 2.73 bits per heavy atom. The molecule has 1 heterocycles. The summed E-state index contributed by atoms with van der Waals surface area (Å²) in [5.41, 5.74) is -0.740. The van der Waals surface area contributed by atoms with Crippen molar-refractivity contribution in [3.05, 3.63) is 33.6 Å². The summed E-state index contributed by atoms with van der Waals surface area (Å²) >= 11 is 0. The van der Waals surface area contributed by atoms with Crippen molar-refractivity contribution in [3.8, 4) is 11.8 Å². The Labute approximate surface area is 151 Å². The number of ether oxygens (including phenoxy) is 2. The number of nitro benzene ring substituents is 1. The minimum atomic E-state index is -0.951. The highest BCUT2D eigenvalue weighted by atomic mass is 19.1. The maximum absolute atomic E-state index is 14.0. The topological polar surface area (TPSA) is 93.9 Å². The van der Waals surface area contributed by atoms with Crippen LogP contribution in [0.3, 0.4) is 0 Å². The van der Waals surface area contributed by atoms with Crippen LogP contribution in [-0.2, 0) is 9.47 Å². The Bertz CT molecular complexity index is 752. The zero-order chi connectivity index (χ0) is 19.5. The van der Waals surface area contributed by atoms with E-state index in [0.29, 0.717) is 18.8 Å². The fourth-order valence-electron chi connectivity index (χ4n) is 2.31. The van der Waals surface area contributed by atoms with Crippen LogP contribution in [0.4, 0.5) is 15.8 Å². The van der Waals surface area contributed by atoms with Crippen LogP contribution in [0.15, 0.2) is 12.1 Å². The number of rotatable bonds is 5. The maximum Gasteiger partial charge on any atom is 0.306 e. The van der Waals surface area contributed by atoms with Gasteiger partial charge in [0.05, 0.1) is 29.4 Å². The third kappa shape index (κ3) is 5.14. The molecule has 7 nitrogen and oxygen atoms in total. The van der Waals surface area contributed by atoms with E-state index in [1.807, 2.05) is 0 Å². The van der Waals surface area contributed by atoms with Crippen LogP contribution in [0.1, 0.15) is 33.3 Å². The zero-order valence-corrected chi connectivity index (χ0v) is 15.3. The minimum Gasteiger partial charge on any atom is -0.395 e. The molecule has 1 aliphatic rings. The fraction of sp³-hybridized carbons (Fsp3) is 0.556. The summed E-state index contributed by atoms with van der Waals surface area (Å²) in [6.07, 6.45) is -0.238. The summed E-state index contributed by atoms with van der Waals surface area (Å²) in [4.78, 5) is 10.2. The van der Waals surface area contributed by atoms with E-state index in [2.05, 4.69) is 17.2 Å². The van der Waals surface area contributed by atoms with E-state index in [0.717, 1.165) is 12.1 Å². The molecule has 1 atom stereocenters. The molecule has 2 rings (SSSR count). The lowest BCUT2D eigenvalue weighted by atomic mass is 9.95. The van der Waals surface area contributed by atoms with E-state index in [1.54, 1.807) is 27.7 Å². The van der Waals surface area contributed by atoms with Crippen LogP contribution in [0.5, 0.6) is 0 Å². The highest BCUT2D eigenvalue weighted by Gasteiger charge is 2.32. The largest absolute Gasteiger partial charge is 0.395 e. The SMILES string of the molecule is CC(C)(C#Cc1cc([N+](=O)[O-])c(F)cc1NCC1COC(C)(C)O1)CO. The van der Waals surface area contributed by atoms with Gasteiger partial charge in [0.2, 0.25) is 5.82 Å². The number of aliphatic hydroxyl groups is 1. The summed E-state index contributed by atoms with van der Waals surface area (Å²) in [5, 5.41) is 23.3. The Morgan fingerprint density at radius 1 is 1.50 bits per heavy atom. The van der Waals surface area contributed by atoms with Crippen molar-refractivity contribution >= 4 is 11.4 Å². The van der Waals surface area contributed by atoms with Crippen LogP contribution in [0.25, 0.3) is 0 Å². The van der Waals surface area contributed by atoms with E-state index < -0.39 is 27.6 Å². The van der Waals surface area contributed by atoms with Crippen molar-refractivity contribution in [3.63, 3.8) is 0 Å². The number of nitrogens with one attached hydrogen (secondary N) is 1. The van der Waals surface area contributed by atoms with Crippen LogP contribution < -0.4 is 5.32 Å². The Kier molecular flexibility index (Phi) is 5.86. The van der Waals surface area contributed by atoms with Crippen molar-refractivity contribution in [2.45, 2.75) is 39.6 Å². The Morgan fingerprint density at radius 2 is 2.19 bits per heavy atom. The second-order valence-corrected chi connectivity index (χ2v) is 7.23. The average molecular weight is 366 g/mol. The number of nitro groups is 1. The van der Waals surface area contributed by atoms with E-state index in [-0.39, 0.29) is 18.3 Å². The van der Waals surface area contributed by atoms with Crippen molar-refractivity contribution < 1.29 is 23.9 Å². The standard InChI is InChI=1S/C18H23FN2O5/c1-17(2,11-22)6-5-12-7-16(21(23)24)14(19)8-15(12)20-9-13-10-25-18(3,4)26-13/h7-8,13,20,22H,9-11H2,1-4H3. The number of halogens is 1. The third-order valence-electron chi connectivity index (χ3n) is 3.80. The molecule has 0 saturated carbocycles. The van der Waals surface area contributed by atoms with Gasteiger partial charge in [-0.25, -0.2) is 0 Å². The summed E-state index contributed by atoms with van der Waals surface area (Å²) in [7, 11) is 0. The Hall–Kier alpha value is -2.21. The number of hydrogen-bond acceptors (Lipinski definition) is 6. The van der Waals surface area contributed by atoms with Crippen LogP contribution in [0, 0.1) is 33.2 Å². The van der Waals surface area contributed by atoms with E-state index >= 15 is 0 Å². The van der Waals surface area contributed by atoms with Gasteiger partial charge in [-0.1, -0.05) is 11.8 Å². The van der Waals surface area contributed by atoms with Gasteiger partial charge >= 0.3 is 5.69 Å². The molecule has 1 aromatic carbocycles. The predicted octanol–water partition coefficient (Wildman–Crippen LogP) is 2.67. The Balaban J connectivity index is 2.28. The van der Waals surface area contributed by atoms with Crippen LogP contribution in [0.2, 0.25) is 0 Å². The molecule has 0 radical (unpaired) electrons. The monoisotopic (exact) mass is 366 g/mol. The lowest BCUT2D eigenvalue weighted by Crippen LogP contribution is -2.26. The molecule has 1 aliphatic heterocycles. The van der Waals surface area contributed by atoms with Crippen molar-refractivity contribution in [1.29, 1.82) is 0 Å². The molecule has 1 saturated heterocycles. The molecule has 1 unspecified atom stereocenters. The van der Waals surface area contributed by atoms with Crippen LogP contribution >= 0.6 is 0 Å². The molecule has 0 spiro atoms. The number of aliphatic hydroxyl groups excluding tert-OH is 1. The molecular formula is C18H23FN2O5. The number of anilines is 1. The van der Waals surface area contributed by atoms with E-state index in [9.17, 15) is 19.6 Å². The summed E-state index contributed by atoms with van der Waals surface area (Å²) < 4.78 is 25.2. The van der Waals surface area contributed by atoms with Gasteiger partial charge in [0.25, 0.3) is 0 Å². The highest BCUT2D eigenvalue weighted by molar-refractivity contribution is 5.63. The molecule has 2 N–H and O–H groups in total. The summed E-state index contributed by atoms with van der Waals surface area (Å²) in [6, 6.07) is 2.14. The molecule has 0 bridgehead atoms. The lowest BCUT2D eigenvalue weighted by molar-refractivity contribution is -0.387. The van der Waals surface area contributed by atoms with Gasteiger partial charge in [0.1, 0.15) is 6.10 Å². The van der Waals surface area contributed by atoms with Gasteiger partial charge in [-0.05, 0) is 27.7 Å². The molecule has 0 aliphatic carbocycles. The normalized spacial score (nSPS) is 18.9. The van der Waals surface area contributed by atoms with Gasteiger partial charge in [-0.3, -0.25) is 10.1 Å². The number of nitrogens with zero attached hydrogens (tertiary/aromatic N) is 1. The number of hydrogen-bond donors (Lipinski definition) is 2. The summed E-state index contributed by atoms with van der Waals surface area (Å²) in [6.45, 7) is 7.60. The zero-order valence-electron chi connectivity index (χ0n) is 15.3. The quantitative estimate of drug-likeness (QED) is 0.473. The third-order valence-corrected chi connectivity index (χ3v) is 3.80. The van der Waals surface area contributed by atoms with Crippen molar-refractivity contribution in [2.24, 2.45) is 5.41 Å². The molecule has 26 heavy (non-hydrogen) atoms. The van der Waals surface area contributed by atoms with Crippen molar-refractivity contribution in [1.82, 2.24) is 0 Å². The lowest BCUT2D eigenvalue weighted by Gasteiger charge is -2.18. The first-order valence-electron chi connectivity index (χ1n) is 8.20. The van der Waals surface area contributed by atoms with Gasteiger partial charge < -0.3 is 19.9 Å². The molecule has 142 valence electrons. The first-order valence-corrected chi connectivity index (χ1v) is 8.20. The average Bonchev–Trinajstić information content (AvgIpc) is 2.90. The molecule has 1 fully saturated rings. The minimum absolute atomic E-state index is 0.172. The highest BCUT2D eigenvalue weighted by Crippen LogP contribution is 2.27. The molecule has 1 aromatic rings. The predicted molar refractivity (Wildman–Crippen MR) is 94.2 cm³/mol. The second-order valence-electron chi connectivity index (χ2n) is 7.23. The fourth-order valence-corrected chi connectivity index (χ4v) is 2.31. The first kappa shape index (κ1) is 20.1. The van der Waals surface area contributed by atoms with Gasteiger partial charge in [-0.15, -0.1) is 0 Å². The van der Waals surface area contributed by atoms with Crippen LogP contribution in [-0.4, -0.2) is 41.7 Å². The van der Waals surface area contributed by atoms with E-state index in [1.165, 1.54) is 0 Å². The second kappa shape index (κ2) is 7.58. The van der Waals surface area contributed by atoms with Gasteiger partial charge in [-0.2, -0.15) is 4.39 Å². The first-order chi connectivity index (χ1) is 12.0. The van der Waals surface area contributed by atoms with Gasteiger partial charge in [0, 0.05) is 24.1 Å². The molecule has 0 aromatic heterocycles. The molecule has 0 amide bonds. The van der Waals surface area contributed by atoms with Gasteiger partial charge in [0.15, 0.2) is 5.79 Å². The van der Waals surface area contributed by atoms with E-state index in [4.69, 9.17) is 9.47 Å². The summed E-state index contributed by atoms with van der Waals surface area (Å²) in [5.74, 6) is 4.02. The smallest absolute Gasteiger partial charge is 0.306 e.